The van der Waals surface area contributed by atoms with Gasteiger partial charge in [0.2, 0.25) is 0 Å². The zero-order chi connectivity index (χ0) is 22.8. The van der Waals surface area contributed by atoms with Gasteiger partial charge in [-0.05, 0) is 12.5 Å². The summed E-state index contributed by atoms with van der Waals surface area (Å²) in [4.78, 5) is 11.3. The molecule has 2 aliphatic rings. The van der Waals surface area contributed by atoms with Crippen LogP contribution in [0.3, 0.4) is 0 Å². The first-order valence-corrected chi connectivity index (χ1v) is 9.61. The lowest BCUT2D eigenvalue weighted by Gasteiger charge is -2.17. The molecule has 0 spiro atoms. The van der Waals surface area contributed by atoms with E-state index >= 15 is 0 Å². The van der Waals surface area contributed by atoms with Crippen molar-refractivity contribution in [3.8, 4) is 0 Å². The number of alkyl halides is 2. The van der Waals surface area contributed by atoms with E-state index in [0.29, 0.717) is 11.4 Å². The van der Waals surface area contributed by atoms with Crippen LogP contribution in [0.4, 0.5) is 19.0 Å². The van der Waals surface area contributed by atoms with Gasteiger partial charge in [0.25, 0.3) is 5.92 Å². The molecular formula is C21H24F3N7. The van der Waals surface area contributed by atoms with Crippen molar-refractivity contribution in [2.24, 2.45) is 5.73 Å². The van der Waals surface area contributed by atoms with Crippen LogP contribution in [-0.4, -0.2) is 59.9 Å². The number of halogens is 3. The third-order valence-electron chi connectivity index (χ3n) is 4.96. The first kappa shape index (κ1) is 22.3. The van der Waals surface area contributed by atoms with Crippen molar-refractivity contribution in [2.75, 3.05) is 32.1 Å². The molecule has 4 N–H and O–H groups in total. The molecule has 1 aromatic rings. The van der Waals surface area contributed by atoms with Crippen molar-refractivity contribution in [1.29, 1.82) is 10.8 Å². The Labute approximate surface area is 178 Å². The summed E-state index contributed by atoms with van der Waals surface area (Å²) >= 11 is 0. The van der Waals surface area contributed by atoms with E-state index < -0.39 is 18.3 Å². The molecule has 0 unspecified atom stereocenters. The number of nitrogens with two attached hydrogens (primary N) is 1. The molecule has 164 valence electrons. The fourth-order valence-corrected chi connectivity index (χ4v) is 3.43. The normalized spacial score (nSPS) is 19.0. The molecule has 0 amide bonds. The van der Waals surface area contributed by atoms with Gasteiger partial charge in [-0.3, -0.25) is 5.41 Å². The maximum absolute atomic E-state index is 14.8. The Balaban J connectivity index is 1.89. The van der Waals surface area contributed by atoms with Gasteiger partial charge in [0.15, 0.2) is 0 Å². The lowest BCUT2D eigenvalue weighted by Crippen LogP contribution is -2.26. The van der Waals surface area contributed by atoms with E-state index in [1.54, 1.807) is 31.3 Å². The number of rotatable bonds is 6. The van der Waals surface area contributed by atoms with Gasteiger partial charge >= 0.3 is 0 Å². The molecule has 10 heteroatoms. The van der Waals surface area contributed by atoms with Crippen LogP contribution in [0.2, 0.25) is 0 Å². The molecule has 0 aromatic carbocycles. The predicted octanol–water partition coefficient (Wildman–Crippen LogP) is 3.18. The van der Waals surface area contributed by atoms with E-state index in [9.17, 15) is 13.2 Å². The largest absolute Gasteiger partial charge is 0.398 e. The Morgan fingerprint density at radius 1 is 1.32 bits per heavy atom. The van der Waals surface area contributed by atoms with Gasteiger partial charge in [-0.2, -0.15) is 0 Å². The summed E-state index contributed by atoms with van der Waals surface area (Å²) in [6.07, 6.45) is 6.49. The van der Waals surface area contributed by atoms with E-state index in [-0.39, 0.29) is 47.6 Å². The summed E-state index contributed by atoms with van der Waals surface area (Å²) < 4.78 is 41.9. The summed E-state index contributed by atoms with van der Waals surface area (Å²) in [6, 6.07) is 1.46. The quantitative estimate of drug-likeness (QED) is 0.600. The third-order valence-corrected chi connectivity index (χ3v) is 4.96. The Morgan fingerprint density at radius 2 is 2.06 bits per heavy atom. The van der Waals surface area contributed by atoms with Gasteiger partial charge < -0.3 is 20.9 Å². The van der Waals surface area contributed by atoms with Gasteiger partial charge in [-0.1, -0.05) is 6.08 Å². The van der Waals surface area contributed by atoms with Gasteiger partial charge in [-0.15, -0.1) is 0 Å². The number of anilines is 1. The van der Waals surface area contributed by atoms with Crippen molar-refractivity contribution in [3.05, 3.63) is 64.7 Å². The SMILES string of the molecule is CN(C)/C=C(\C=N)C1=C(F)C=C(N)C(C(=N)c2cc(N3CCC(F)(F)C3)ncn2)=CC1. The maximum atomic E-state index is 14.8. The minimum absolute atomic E-state index is 0.0413. The van der Waals surface area contributed by atoms with Crippen LogP contribution in [-0.2, 0) is 0 Å². The fraction of sp³-hybridized carbons (Fsp3) is 0.333. The molecule has 0 saturated carbocycles. The maximum Gasteiger partial charge on any atom is 0.266 e. The number of nitrogens with one attached hydrogen (secondary N) is 2. The Hall–Kier alpha value is -3.43. The second-order valence-electron chi connectivity index (χ2n) is 7.60. The van der Waals surface area contributed by atoms with E-state index in [0.717, 1.165) is 12.3 Å². The van der Waals surface area contributed by atoms with Crippen LogP contribution in [0, 0.1) is 10.8 Å². The summed E-state index contributed by atoms with van der Waals surface area (Å²) in [5.74, 6) is -3.06. The molecular weight excluding hydrogens is 407 g/mol. The molecule has 3 rings (SSSR count). The van der Waals surface area contributed by atoms with Crippen LogP contribution >= 0.6 is 0 Å². The minimum Gasteiger partial charge on any atom is -0.398 e. The molecule has 0 bridgehead atoms. The van der Waals surface area contributed by atoms with E-state index in [1.165, 1.54) is 17.3 Å². The molecule has 1 aromatic heterocycles. The second-order valence-corrected chi connectivity index (χ2v) is 7.60. The summed E-state index contributed by atoms with van der Waals surface area (Å²) in [5.41, 5.74) is 7.15. The summed E-state index contributed by atoms with van der Waals surface area (Å²) in [7, 11) is 3.53. The first-order valence-electron chi connectivity index (χ1n) is 9.61. The number of aromatic nitrogens is 2. The number of hydrogen-bond donors (Lipinski definition) is 3. The van der Waals surface area contributed by atoms with Crippen LogP contribution in [0.25, 0.3) is 0 Å². The van der Waals surface area contributed by atoms with E-state index in [4.69, 9.17) is 16.6 Å². The van der Waals surface area contributed by atoms with Crippen molar-refractivity contribution < 1.29 is 13.2 Å². The zero-order valence-electron chi connectivity index (χ0n) is 17.3. The number of hydrogen-bond acceptors (Lipinski definition) is 7. The van der Waals surface area contributed by atoms with Crippen LogP contribution < -0.4 is 10.6 Å². The van der Waals surface area contributed by atoms with E-state index in [2.05, 4.69) is 9.97 Å². The average Bonchev–Trinajstić information content (AvgIpc) is 3.01. The van der Waals surface area contributed by atoms with E-state index in [1.807, 2.05) is 0 Å². The van der Waals surface area contributed by atoms with Crippen molar-refractivity contribution in [2.45, 2.75) is 18.8 Å². The monoisotopic (exact) mass is 431 g/mol. The van der Waals surface area contributed by atoms with Gasteiger partial charge in [0, 0.05) is 68.0 Å². The third kappa shape index (κ3) is 5.01. The lowest BCUT2D eigenvalue weighted by molar-refractivity contribution is 0.0256. The molecule has 1 saturated heterocycles. The Bertz CT molecular complexity index is 1020. The zero-order valence-corrected chi connectivity index (χ0v) is 17.3. The fourth-order valence-electron chi connectivity index (χ4n) is 3.43. The van der Waals surface area contributed by atoms with Crippen molar-refractivity contribution in [3.63, 3.8) is 0 Å². The highest BCUT2D eigenvalue weighted by Crippen LogP contribution is 2.31. The predicted molar refractivity (Wildman–Crippen MR) is 114 cm³/mol. The Morgan fingerprint density at radius 3 is 2.68 bits per heavy atom. The second kappa shape index (κ2) is 8.75. The summed E-state index contributed by atoms with van der Waals surface area (Å²) in [5, 5.41) is 16.1. The molecule has 31 heavy (non-hydrogen) atoms. The molecule has 1 fully saturated rings. The Kier molecular flexibility index (Phi) is 6.28. The van der Waals surface area contributed by atoms with Gasteiger partial charge in [0.1, 0.15) is 18.0 Å². The smallest absolute Gasteiger partial charge is 0.266 e. The molecule has 7 nitrogen and oxygen atoms in total. The molecule has 1 aliphatic carbocycles. The van der Waals surface area contributed by atoms with Gasteiger partial charge in [0.05, 0.1) is 18.0 Å². The van der Waals surface area contributed by atoms with Crippen molar-refractivity contribution >= 4 is 17.7 Å². The average molecular weight is 431 g/mol. The lowest BCUT2D eigenvalue weighted by atomic mass is 10.0. The topological polar surface area (TPSA) is 106 Å². The standard InChI is InChI=1S/C21H24F3N7/c1-30(2)10-13(9-25)14-3-4-15(17(26)7-16(14)22)20(27)18-8-19(29-12-28-18)31-6-5-21(23,24)11-31/h4,7-10,12,25,27H,3,5-6,11,26H2,1-2H3/b13-10+,25-9?,27-20?. The molecule has 0 radical (unpaired) electrons. The summed E-state index contributed by atoms with van der Waals surface area (Å²) in [6.45, 7) is -0.282. The van der Waals surface area contributed by atoms with Gasteiger partial charge in [-0.25, -0.2) is 23.1 Å². The first-order chi connectivity index (χ1) is 14.6. The molecule has 0 atom stereocenters. The van der Waals surface area contributed by atoms with Crippen LogP contribution in [0.15, 0.2) is 59.0 Å². The highest BCUT2D eigenvalue weighted by molar-refractivity contribution is 6.12. The minimum atomic E-state index is -2.78. The highest BCUT2D eigenvalue weighted by atomic mass is 19.3. The number of allylic oxidation sites excluding steroid dienone is 6. The highest BCUT2D eigenvalue weighted by Gasteiger charge is 2.38. The van der Waals surface area contributed by atoms with Crippen molar-refractivity contribution in [1.82, 2.24) is 14.9 Å². The number of nitrogens with zero attached hydrogens (tertiary/aromatic N) is 4. The molecule has 1 aliphatic heterocycles. The van der Waals surface area contributed by atoms with Crippen LogP contribution in [0.1, 0.15) is 18.5 Å². The molecule has 2 heterocycles. The van der Waals surface area contributed by atoms with Crippen LogP contribution in [0.5, 0.6) is 0 Å².